The van der Waals surface area contributed by atoms with Crippen LogP contribution >= 0.6 is 0 Å². The van der Waals surface area contributed by atoms with Gasteiger partial charge in [-0.15, -0.1) is 0 Å². The maximum atomic E-state index is 12.1. The summed E-state index contributed by atoms with van der Waals surface area (Å²) in [5.41, 5.74) is 2.06. The third-order valence-electron chi connectivity index (χ3n) is 3.86. The van der Waals surface area contributed by atoms with Crippen LogP contribution in [-0.2, 0) is 6.54 Å². The first-order valence-corrected chi connectivity index (χ1v) is 8.13. The molecule has 0 saturated carbocycles. The Balaban J connectivity index is 1.53. The van der Waals surface area contributed by atoms with E-state index in [9.17, 15) is 4.79 Å². The van der Waals surface area contributed by atoms with Crippen LogP contribution in [0.4, 0.5) is 0 Å². The van der Waals surface area contributed by atoms with Gasteiger partial charge in [0.05, 0.1) is 11.6 Å². The summed E-state index contributed by atoms with van der Waals surface area (Å²) < 4.78 is 2.08. The number of hydrogen-bond acceptors (Lipinski definition) is 3. The summed E-state index contributed by atoms with van der Waals surface area (Å²) in [6.45, 7) is 1.32. The number of nitrogens with one attached hydrogen (secondary N) is 1. The second-order valence-corrected chi connectivity index (χ2v) is 5.61. The maximum absolute atomic E-state index is 12.1. The number of carbonyl (C=O) groups excluding carboxylic acids is 1. The van der Waals surface area contributed by atoms with E-state index in [4.69, 9.17) is 5.26 Å². The summed E-state index contributed by atoms with van der Waals surface area (Å²) in [5, 5.41) is 11.8. The molecule has 124 valence electrons. The molecule has 5 nitrogen and oxygen atoms in total. The van der Waals surface area contributed by atoms with Gasteiger partial charge in [-0.05, 0) is 24.6 Å². The zero-order chi connectivity index (χ0) is 17.5. The second-order valence-electron chi connectivity index (χ2n) is 5.61. The first kappa shape index (κ1) is 16.5. The molecule has 1 N–H and O–H groups in total. The number of rotatable bonds is 6. The molecule has 1 heterocycles. The number of carbonyl (C=O) groups is 1. The van der Waals surface area contributed by atoms with E-state index in [-0.39, 0.29) is 5.91 Å². The van der Waals surface area contributed by atoms with Gasteiger partial charge in [0.15, 0.2) is 0 Å². The highest BCUT2D eigenvalue weighted by atomic mass is 16.1. The Morgan fingerprint density at radius 3 is 2.80 bits per heavy atom. The highest BCUT2D eigenvalue weighted by Gasteiger charge is 2.07. The molecule has 0 aliphatic rings. The Kier molecular flexibility index (Phi) is 5.22. The summed E-state index contributed by atoms with van der Waals surface area (Å²) in [5.74, 6) is 0.764. The van der Waals surface area contributed by atoms with E-state index >= 15 is 0 Å². The van der Waals surface area contributed by atoms with Gasteiger partial charge < -0.3 is 9.88 Å². The molecule has 0 atom stereocenters. The van der Waals surface area contributed by atoms with Gasteiger partial charge in [0.25, 0.3) is 5.91 Å². The molecule has 5 heteroatoms. The lowest BCUT2D eigenvalue weighted by Gasteiger charge is -2.09. The molecule has 0 aliphatic carbocycles. The fourth-order valence-corrected chi connectivity index (χ4v) is 2.62. The van der Waals surface area contributed by atoms with Crippen molar-refractivity contribution in [3.05, 3.63) is 78.1 Å². The predicted octanol–water partition coefficient (Wildman–Crippen LogP) is 3.24. The summed E-state index contributed by atoms with van der Waals surface area (Å²) in [6, 6.07) is 18.8. The number of nitrogens with zero attached hydrogens (tertiary/aromatic N) is 3. The minimum atomic E-state index is -0.161. The fourth-order valence-electron chi connectivity index (χ4n) is 2.62. The van der Waals surface area contributed by atoms with Crippen molar-refractivity contribution in [2.24, 2.45) is 0 Å². The van der Waals surface area contributed by atoms with Gasteiger partial charge in [-0.3, -0.25) is 4.79 Å². The van der Waals surface area contributed by atoms with Crippen molar-refractivity contribution in [1.29, 1.82) is 5.26 Å². The molecule has 0 saturated heterocycles. The van der Waals surface area contributed by atoms with Crippen LogP contribution in [0.2, 0.25) is 0 Å². The third kappa shape index (κ3) is 4.12. The van der Waals surface area contributed by atoms with Crippen LogP contribution < -0.4 is 5.32 Å². The average Bonchev–Trinajstić information content (AvgIpc) is 3.14. The minimum Gasteiger partial charge on any atom is -0.352 e. The van der Waals surface area contributed by atoms with Gasteiger partial charge in [-0.1, -0.05) is 36.4 Å². The standard InChI is InChI=1S/C20H18N4O/c21-15-16-6-4-9-18(14-16)20(25)23-10-5-12-24-13-11-22-19(24)17-7-2-1-3-8-17/h1-4,6-9,11,13-14H,5,10,12H2,(H,23,25). The Labute approximate surface area is 146 Å². The summed E-state index contributed by atoms with van der Waals surface area (Å²) in [6.07, 6.45) is 4.52. The number of aromatic nitrogens is 2. The molecule has 1 amide bonds. The Morgan fingerprint density at radius 2 is 2.00 bits per heavy atom. The number of hydrogen-bond donors (Lipinski definition) is 1. The molecular weight excluding hydrogens is 312 g/mol. The SMILES string of the molecule is N#Cc1cccc(C(=O)NCCCn2ccnc2-c2ccccc2)c1. The van der Waals surface area contributed by atoms with Crippen molar-refractivity contribution in [3.8, 4) is 17.5 Å². The number of imidazole rings is 1. The van der Waals surface area contributed by atoms with Crippen LogP contribution in [0.3, 0.4) is 0 Å². The molecule has 0 aliphatic heterocycles. The van der Waals surface area contributed by atoms with Crippen LogP contribution in [0.1, 0.15) is 22.3 Å². The van der Waals surface area contributed by atoms with E-state index in [2.05, 4.69) is 14.9 Å². The van der Waals surface area contributed by atoms with Gasteiger partial charge in [0.2, 0.25) is 0 Å². The normalized spacial score (nSPS) is 10.2. The molecule has 1 aromatic heterocycles. The molecule has 3 aromatic rings. The van der Waals surface area contributed by atoms with Crippen molar-refractivity contribution >= 4 is 5.91 Å². The van der Waals surface area contributed by atoms with Crippen LogP contribution in [0, 0.1) is 11.3 Å². The van der Waals surface area contributed by atoms with Crippen molar-refractivity contribution in [2.75, 3.05) is 6.54 Å². The maximum Gasteiger partial charge on any atom is 0.251 e. The zero-order valence-corrected chi connectivity index (χ0v) is 13.7. The lowest BCUT2D eigenvalue weighted by Crippen LogP contribution is -2.25. The third-order valence-corrected chi connectivity index (χ3v) is 3.86. The van der Waals surface area contributed by atoms with Crippen LogP contribution in [-0.4, -0.2) is 22.0 Å². The molecule has 0 bridgehead atoms. The smallest absolute Gasteiger partial charge is 0.251 e. The van der Waals surface area contributed by atoms with E-state index < -0.39 is 0 Å². The highest BCUT2D eigenvalue weighted by Crippen LogP contribution is 2.16. The van der Waals surface area contributed by atoms with E-state index in [0.29, 0.717) is 17.7 Å². The first-order valence-electron chi connectivity index (χ1n) is 8.13. The van der Waals surface area contributed by atoms with E-state index in [1.807, 2.05) is 42.6 Å². The summed E-state index contributed by atoms with van der Waals surface area (Å²) in [4.78, 5) is 16.5. The molecule has 0 unspecified atom stereocenters. The number of aryl methyl sites for hydroxylation is 1. The molecule has 0 radical (unpaired) electrons. The van der Waals surface area contributed by atoms with E-state index in [1.165, 1.54) is 0 Å². The van der Waals surface area contributed by atoms with Crippen LogP contribution in [0.5, 0.6) is 0 Å². The minimum absolute atomic E-state index is 0.161. The lowest BCUT2D eigenvalue weighted by molar-refractivity contribution is 0.0952. The van der Waals surface area contributed by atoms with Crippen molar-refractivity contribution in [2.45, 2.75) is 13.0 Å². The van der Waals surface area contributed by atoms with Crippen molar-refractivity contribution in [3.63, 3.8) is 0 Å². The fraction of sp³-hybridized carbons (Fsp3) is 0.150. The van der Waals surface area contributed by atoms with Gasteiger partial charge in [-0.25, -0.2) is 4.98 Å². The Morgan fingerprint density at radius 1 is 1.16 bits per heavy atom. The number of amides is 1. The molecule has 3 rings (SSSR count). The van der Waals surface area contributed by atoms with E-state index in [0.717, 1.165) is 24.4 Å². The Hall–Kier alpha value is -3.39. The predicted molar refractivity (Wildman–Crippen MR) is 95.8 cm³/mol. The summed E-state index contributed by atoms with van der Waals surface area (Å²) in [7, 11) is 0. The molecule has 2 aromatic carbocycles. The van der Waals surface area contributed by atoms with Gasteiger partial charge in [0, 0.05) is 36.6 Å². The zero-order valence-electron chi connectivity index (χ0n) is 13.7. The highest BCUT2D eigenvalue weighted by molar-refractivity contribution is 5.94. The average molecular weight is 330 g/mol. The largest absolute Gasteiger partial charge is 0.352 e. The van der Waals surface area contributed by atoms with Crippen LogP contribution in [0.15, 0.2) is 67.0 Å². The van der Waals surface area contributed by atoms with Gasteiger partial charge in [-0.2, -0.15) is 5.26 Å². The first-order chi connectivity index (χ1) is 12.3. The second kappa shape index (κ2) is 7.93. The molecule has 0 fully saturated rings. The van der Waals surface area contributed by atoms with Gasteiger partial charge in [0.1, 0.15) is 5.82 Å². The summed E-state index contributed by atoms with van der Waals surface area (Å²) >= 11 is 0. The lowest BCUT2D eigenvalue weighted by atomic mass is 10.1. The van der Waals surface area contributed by atoms with E-state index in [1.54, 1.807) is 30.5 Å². The molecular formula is C20H18N4O. The van der Waals surface area contributed by atoms with Crippen LogP contribution in [0.25, 0.3) is 11.4 Å². The topological polar surface area (TPSA) is 70.7 Å². The van der Waals surface area contributed by atoms with Crippen molar-refractivity contribution in [1.82, 2.24) is 14.9 Å². The molecule has 25 heavy (non-hydrogen) atoms. The Bertz CT molecular complexity index is 893. The van der Waals surface area contributed by atoms with Gasteiger partial charge >= 0.3 is 0 Å². The monoisotopic (exact) mass is 330 g/mol. The quantitative estimate of drug-likeness (QED) is 0.705. The number of nitriles is 1. The van der Waals surface area contributed by atoms with Crippen molar-refractivity contribution < 1.29 is 4.79 Å². The molecule has 0 spiro atoms. The number of benzene rings is 2.